The molecule has 1 amide bonds. The van der Waals surface area contributed by atoms with E-state index in [0.29, 0.717) is 17.9 Å². The van der Waals surface area contributed by atoms with Crippen LogP contribution in [0.25, 0.3) is 0 Å². The van der Waals surface area contributed by atoms with Crippen molar-refractivity contribution < 1.29 is 19.1 Å². The molecule has 0 spiro atoms. The van der Waals surface area contributed by atoms with E-state index >= 15 is 0 Å². The van der Waals surface area contributed by atoms with Crippen molar-refractivity contribution in [3.63, 3.8) is 0 Å². The van der Waals surface area contributed by atoms with Crippen LogP contribution in [0.5, 0.6) is 0 Å². The molecule has 0 saturated carbocycles. The number of Topliss-reactive ketones (excluding diaryl/α,β-unsaturated/α-hetero) is 1. The molecule has 0 saturated heterocycles. The lowest BCUT2D eigenvalue weighted by Crippen LogP contribution is -2.34. The van der Waals surface area contributed by atoms with Gasteiger partial charge in [-0.25, -0.2) is 0 Å². The van der Waals surface area contributed by atoms with Gasteiger partial charge in [0, 0.05) is 18.9 Å². The Morgan fingerprint density at radius 2 is 2.03 bits per heavy atom. The lowest BCUT2D eigenvalue weighted by molar-refractivity contribution is -0.129. The van der Waals surface area contributed by atoms with E-state index in [0.717, 1.165) is 26.1 Å². The molecular formula is C22H27N3O4. The number of carbonyl (C=O) groups is 2. The highest BCUT2D eigenvalue weighted by Gasteiger charge is 2.44. The first kappa shape index (κ1) is 20.8. The number of hydrogen-bond donors (Lipinski definition) is 1. The Morgan fingerprint density at radius 3 is 2.62 bits per heavy atom. The maximum absolute atomic E-state index is 13.1. The zero-order chi connectivity index (χ0) is 21.0. The molecule has 1 aliphatic rings. The molecule has 1 aliphatic heterocycles. The van der Waals surface area contributed by atoms with Gasteiger partial charge in [0.05, 0.1) is 11.6 Å². The van der Waals surface area contributed by atoms with Crippen LogP contribution in [0.1, 0.15) is 48.2 Å². The quantitative estimate of drug-likeness (QED) is 0.654. The lowest BCUT2D eigenvalue weighted by Gasteiger charge is -2.27. The van der Waals surface area contributed by atoms with Gasteiger partial charge in [0.1, 0.15) is 5.76 Å². The summed E-state index contributed by atoms with van der Waals surface area (Å²) in [6.45, 7) is 9.05. The molecule has 0 aliphatic carbocycles. The number of hydrogen-bond acceptors (Lipinski definition) is 6. The summed E-state index contributed by atoms with van der Waals surface area (Å²) in [5.74, 6) is -0.836. The number of carbonyl (C=O) groups excluding carboxylic acids is 2. The normalized spacial score (nSPS) is 16.9. The van der Waals surface area contributed by atoms with E-state index < -0.39 is 23.5 Å². The molecule has 3 heterocycles. The van der Waals surface area contributed by atoms with E-state index in [-0.39, 0.29) is 11.3 Å². The summed E-state index contributed by atoms with van der Waals surface area (Å²) in [5.41, 5.74) is 0.722. The van der Waals surface area contributed by atoms with Crippen LogP contribution in [-0.4, -0.2) is 57.8 Å². The van der Waals surface area contributed by atoms with Crippen LogP contribution in [-0.2, 0) is 4.79 Å². The third-order valence-corrected chi connectivity index (χ3v) is 5.28. The van der Waals surface area contributed by atoms with Gasteiger partial charge in [0.2, 0.25) is 5.78 Å². The van der Waals surface area contributed by atoms with Gasteiger partial charge >= 0.3 is 0 Å². The van der Waals surface area contributed by atoms with Crippen LogP contribution in [0.15, 0.2) is 52.4 Å². The highest BCUT2D eigenvalue weighted by molar-refractivity contribution is 6.15. The summed E-state index contributed by atoms with van der Waals surface area (Å²) >= 11 is 0. The number of aromatic nitrogens is 1. The Balaban J connectivity index is 1.91. The number of nitrogens with zero attached hydrogens (tertiary/aromatic N) is 3. The maximum atomic E-state index is 13.1. The van der Waals surface area contributed by atoms with Crippen molar-refractivity contribution in [1.29, 1.82) is 0 Å². The van der Waals surface area contributed by atoms with Gasteiger partial charge in [0.15, 0.2) is 11.5 Å². The van der Waals surface area contributed by atoms with E-state index in [1.807, 2.05) is 6.07 Å². The van der Waals surface area contributed by atoms with E-state index in [9.17, 15) is 14.7 Å². The predicted octanol–water partition coefficient (Wildman–Crippen LogP) is 3.29. The first-order valence-electron chi connectivity index (χ1n) is 9.95. The summed E-state index contributed by atoms with van der Waals surface area (Å²) in [6.07, 6.45) is 3.99. The Labute approximate surface area is 170 Å². The molecule has 29 heavy (non-hydrogen) atoms. The molecule has 7 heteroatoms. The number of pyridine rings is 1. The molecule has 2 aromatic heterocycles. The van der Waals surface area contributed by atoms with Crippen LogP contribution >= 0.6 is 0 Å². The first-order valence-corrected chi connectivity index (χ1v) is 9.95. The minimum Gasteiger partial charge on any atom is -0.503 e. The number of aryl methyl sites for hydroxylation is 1. The molecule has 0 bridgehead atoms. The Bertz CT molecular complexity index is 900. The lowest BCUT2D eigenvalue weighted by atomic mass is 9.96. The van der Waals surface area contributed by atoms with Crippen molar-refractivity contribution >= 4 is 11.7 Å². The average molecular weight is 397 g/mol. The van der Waals surface area contributed by atoms with Gasteiger partial charge in [-0.2, -0.15) is 0 Å². The van der Waals surface area contributed by atoms with Crippen LogP contribution < -0.4 is 0 Å². The van der Waals surface area contributed by atoms with Crippen molar-refractivity contribution in [3.8, 4) is 0 Å². The molecule has 1 N–H and O–H groups in total. The molecule has 1 unspecified atom stereocenters. The highest BCUT2D eigenvalue weighted by Crippen LogP contribution is 2.38. The molecular weight excluding hydrogens is 370 g/mol. The third kappa shape index (κ3) is 4.24. The minimum atomic E-state index is -0.689. The van der Waals surface area contributed by atoms with Crippen LogP contribution in [0.4, 0.5) is 0 Å². The number of furan rings is 1. The minimum absolute atomic E-state index is 0.0418. The number of ketones is 1. The Hall–Kier alpha value is -2.93. The fourth-order valence-electron chi connectivity index (χ4n) is 3.69. The summed E-state index contributed by atoms with van der Waals surface area (Å²) < 4.78 is 5.46. The van der Waals surface area contributed by atoms with Gasteiger partial charge in [-0.1, -0.05) is 19.9 Å². The smallest absolute Gasteiger partial charge is 0.290 e. The second kappa shape index (κ2) is 9.05. The Morgan fingerprint density at radius 1 is 1.28 bits per heavy atom. The van der Waals surface area contributed by atoms with Crippen molar-refractivity contribution in [1.82, 2.24) is 14.8 Å². The summed E-state index contributed by atoms with van der Waals surface area (Å²) in [7, 11) is 0. The molecule has 3 rings (SSSR count). The highest BCUT2D eigenvalue weighted by atomic mass is 16.3. The number of rotatable bonds is 9. The number of aliphatic hydroxyl groups excluding tert-OH is 1. The summed E-state index contributed by atoms with van der Waals surface area (Å²) in [5, 5.41) is 10.6. The van der Waals surface area contributed by atoms with Gasteiger partial charge in [-0.3, -0.25) is 14.6 Å². The number of aliphatic hydroxyl groups is 1. The molecule has 2 aromatic rings. The van der Waals surface area contributed by atoms with Crippen molar-refractivity contribution in [2.24, 2.45) is 0 Å². The van der Waals surface area contributed by atoms with E-state index in [4.69, 9.17) is 4.42 Å². The first-order chi connectivity index (χ1) is 14.0. The molecule has 1 atom stereocenters. The SMILES string of the molecule is CCN(CC)CCCN1C(=O)C(O)=C(C(=O)c2ccc(C)o2)C1c1cccnc1. The largest absolute Gasteiger partial charge is 0.503 e. The maximum Gasteiger partial charge on any atom is 0.290 e. The molecule has 0 radical (unpaired) electrons. The summed E-state index contributed by atoms with van der Waals surface area (Å²) in [4.78, 5) is 33.9. The second-order valence-electron chi connectivity index (χ2n) is 7.07. The zero-order valence-corrected chi connectivity index (χ0v) is 17.1. The van der Waals surface area contributed by atoms with Crippen molar-refractivity contribution in [2.45, 2.75) is 33.2 Å². The van der Waals surface area contributed by atoms with Gasteiger partial charge in [0.25, 0.3) is 5.91 Å². The van der Waals surface area contributed by atoms with Gasteiger partial charge < -0.3 is 19.3 Å². The predicted molar refractivity (Wildman–Crippen MR) is 109 cm³/mol. The van der Waals surface area contributed by atoms with Crippen LogP contribution in [0.3, 0.4) is 0 Å². The molecule has 154 valence electrons. The molecule has 0 aromatic carbocycles. The van der Waals surface area contributed by atoms with E-state index in [2.05, 4.69) is 23.7 Å². The van der Waals surface area contributed by atoms with Crippen molar-refractivity contribution in [3.05, 3.63) is 65.1 Å². The van der Waals surface area contributed by atoms with Gasteiger partial charge in [-0.15, -0.1) is 0 Å². The fourth-order valence-corrected chi connectivity index (χ4v) is 3.69. The molecule has 0 fully saturated rings. The topological polar surface area (TPSA) is 86.9 Å². The average Bonchev–Trinajstić information content (AvgIpc) is 3.28. The standard InChI is InChI=1S/C22H27N3O4/c1-4-24(5-2)12-7-13-25-19(16-8-6-11-23-14-16)18(21(27)22(25)28)20(26)17-10-9-15(3)29-17/h6,8-11,14,19,27H,4-5,7,12-13H2,1-3H3. The third-order valence-electron chi connectivity index (χ3n) is 5.28. The van der Waals surface area contributed by atoms with E-state index in [1.54, 1.807) is 42.4 Å². The fraction of sp³-hybridized carbons (Fsp3) is 0.409. The Kier molecular flexibility index (Phi) is 6.49. The van der Waals surface area contributed by atoms with Crippen molar-refractivity contribution in [2.75, 3.05) is 26.2 Å². The molecule has 7 nitrogen and oxygen atoms in total. The monoisotopic (exact) mass is 397 g/mol. The number of amides is 1. The summed E-state index contributed by atoms with van der Waals surface area (Å²) in [6, 6.07) is 6.11. The zero-order valence-electron chi connectivity index (χ0n) is 17.1. The van der Waals surface area contributed by atoms with Gasteiger partial charge in [-0.05, 0) is 56.7 Å². The van der Waals surface area contributed by atoms with Crippen LogP contribution in [0, 0.1) is 6.92 Å². The second-order valence-corrected chi connectivity index (χ2v) is 7.07. The van der Waals surface area contributed by atoms with Crippen LogP contribution in [0.2, 0.25) is 0 Å². The van der Waals surface area contributed by atoms with E-state index in [1.165, 1.54) is 0 Å².